The van der Waals surface area contributed by atoms with E-state index in [9.17, 15) is 9.59 Å². The van der Waals surface area contributed by atoms with Gasteiger partial charge >= 0.3 is 6.03 Å². The zero-order chi connectivity index (χ0) is 16.9. The molecule has 7 nitrogen and oxygen atoms in total. The highest BCUT2D eigenvalue weighted by atomic mass is 16.5. The number of carbonyl (C=O) groups excluding carboxylic acids is 1. The molecule has 1 atom stereocenters. The molecule has 1 unspecified atom stereocenters. The van der Waals surface area contributed by atoms with Gasteiger partial charge in [0, 0.05) is 17.8 Å². The number of H-pyrrole nitrogens is 1. The van der Waals surface area contributed by atoms with Gasteiger partial charge < -0.3 is 15.4 Å². The Kier molecular flexibility index (Phi) is 4.79. The van der Waals surface area contributed by atoms with Crippen molar-refractivity contribution in [3.8, 4) is 5.75 Å². The fourth-order valence-electron chi connectivity index (χ4n) is 2.82. The molecule has 0 fully saturated rings. The summed E-state index contributed by atoms with van der Waals surface area (Å²) in [5, 5.41) is 12.2. The van der Waals surface area contributed by atoms with Crippen molar-refractivity contribution in [2.45, 2.75) is 32.2 Å². The molecule has 0 saturated heterocycles. The summed E-state index contributed by atoms with van der Waals surface area (Å²) in [5.74, 6) is 0.769. The zero-order valence-electron chi connectivity index (χ0n) is 13.5. The van der Waals surface area contributed by atoms with Crippen LogP contribution in [0, 0.1) is 0 Å². The van der Waals surface area contributed by atoms with Crippen LogP contribution in [0.1, 0.15) is 24.6 Å². The number of aryl methyl sites for hydroxylation is 1. The van der Waals surface area contributed by atoms with E-state index in [1.807, 2.05) is 19.1 Å². The smallest absolute Gasteiger partial charge is 0.319 e. The first-order valence-corrected chi connectivity index (χ1v) is 8.02. The van der Waals surface area contributed by atoms with Crippen LogP contribution in [-0.4, -0.2) is 28.9 Å². The molecule has 126 valence electrons. The van der Waals surface area contributed by atoms with E-state index in [1.54, 1.807) is 18.2 Å². The van der Waals surface area contributed by atoms with Crippen molar-refractivity contribution in [3.05, 3.63) is 51.9 Å². The molecule has 1 aromatic heterocycles. The van der Waals surface area contributed by atoms with E-state index in [1.165, 1.54) is 0 Å². The molecule has 2 amide bonds. The molecule has 1 heterocycles. The summed E-state index contributed by atoms with van der Waals surface area (Å²) in [7, 11) is 0. The van der Waals surface area contributed by atoms with Crippen LogP contribution in [0.15, 0.2) is 35.1 Å². The van der Waals surface area contributed by atoms with E-state index in [0.717, 1.165) is 29.8 Å². The monoisotopic (exact) mass is 328 g/mol. The van der Waals surface area contributed by atoms with Crippen LogP contribution in [-0.2, 0) is 12.8 Å². The summed E-state index contributed by atoms with van der Waals surface area (Å²) in [6.45, 7) is 2.53. The number of fused-ring (bicyclic) bond motifs is 1. The predicted molar refractivity (Wildman–Crippen MR) is 90.4 cm³/mol. The van der Waals surface area contributed by atoms with E-state index in [-0.39, 0.29) is 17.6 Å². The molecule has 7 heteroatoms. The van der Waals surface area contributed by atoms with Crippen LogP contribution < -0.4 is 20.9 Å². The molecule has 3 rings (SSSR count). The average molecular weight is 328 g/mol. The van der Waals surface area contributed by atoms with E-state index < -0.39 is 0 Å². The summed E-state index contributed by atoms with van der Waals surface area (Å²) < 4.78 is 5.37. The standard InChI is InChI=1S/C17H20N4O3/c1-2-24-14-6-3-12(4-7-14)18-17(23)19-13-5-8-15-11(9-13)10-16(22)21-20-15/h3-4,6-7,10,13H,2,5,8-9H2,1H3,(H,21,22)(H2,18,19,23). The maximum absolute atomic E-state index is 12.1. The van der Waals surface area contributed by atoms with Crippen LogP contribution in [0.4, 0.5) is 10.5 Å². The van der Waals surface area contributed by atoms with Gasteiger partial charge in [-0.05, 0) is 56.0 Å². The zero-order valence-corrected chi connectivity index (χ0v) is 13.5. The van der Waals surface area contributed by atoms with E-state index >= 15 is 0 Å². The second-order valence-electron chi connectivity index (χ2n) is 5.70. The highest BCUT2D eigenvalue weighted by Gasteiger charge is 2.21. The maximum Gasteiger partial charge on any atom is 0.319 e. The molecule has 3 N–H and O–H groups in total. The minimum atomic E-state index is -0.259. The third-order valence-electron chi connectivity index (χ3n) is 3.93. The van der Waals surface area contributed by atoms with Gasteiger partial charge in [0.05, 0.1) is 12.3 Å². The van der Waals surface area contributed by atoms with Gasteiger partial charge in [-0.2, -0.15) is 5.10 Å². The predicted octanol–water partition coefficient (Wildman–Crippen LogP) is 1.85. The molecular formula is C17H20N4O3. The lowest BCUT2D eigenvalue weighted by Crippen LogP contribution is -2.41. The Morgan fingerprint density at radius 1 is 1.38 bits per heavy atom. The lowest BCUT2D eigenvalue weighted by Gasteiger charge is -2.24. The molecular weight excluding hydrogens is 308 g/mol. The van der Waals surface area contributed by atoms with E-state index in [4.69, 9.17) is 4.74 Å². The van der Waals surface area contributed by atoms with Crippen LogP contribution in [0.2, 0.25) is 0 Å². The maximum atomic E-state index is 12.1. The number of aromatic nitrogens is 2. The van der Waals surface area contributed by atoms with Crippen molar-refractivity contribution in [1.29, 1.82) is 0 Å². The van der Waals surface area contributed by atoms with E-state index in [0.29, 0.717) is 18.7 Å². The number of hydrogen-bond donors (Lipinski definition) is 3. The summed E-state index contributed by atoms with van der Waals surface area (Å²) >= 11 is 0. The molecule has 24 heavy (non-hydrogen) atoms. The van der Waals surface area contributed by atoms with Gasteiger partial charge in [-0.15, -0.1) is 0 Å². The Hall–Kier alpha value is -2.83. The quantitative estimate of drug-likeness (QED) is 0.798. The number of urea groups is 1. The fraction of sp³-hybridized carbons (Fsp3) is 0.353. The Bertz CT molecular complexity index is 770. The molecule has 0 aliphatic heterocycles. The Labute approximate surface area is 139 Å². The molecule has 2 aromatic rings. The highest BCUT2D eigenvalue weighted by Crippen LogP contribution is 2.18. The average Bonchev–Trinajstić information content (AvgIpc) is 2.56. The topological polar surface area (TPSA) is 96.1 Å². The van der Waals surface area contributed by atoms with Crippen molar-refractivity contribution >= 4 is 11.7 Å². The normalized spacial score (nSPS) is 16.1. The van der Waals surface area contributed by atoms with Gasteiger partial charge in [0.1, 0.15) is 5.75 Å². The number of ether oxygens (including phenoxy) is 1. The number of aromatic amines is 1. The third-order valence-corrected chi connectivity index (χ3v) is 3.93. The second-order valence-corrected chi connectivity index (χ2v) is 5.70. The largest absolute Gasteiger partial charge is 0.494 e. The minimum Gasteiger partial charge on any atom is -0.494 e. The number of amides is 2. The lowest BCUT2D eigenvalue weighted by molar-refractivity contribution is 0.247. The SMILES string of the molecule is CCOc1ccc(NC(=O)NC2CCc3n[nH]c(=O)cc3C2)cc1. The van der Waals surface area contributed by atoms with Gasteiger partial charge in [0.25, 0.3) is 5.56 Å². The van der Waals surface area contributed by atoms with Crippen molar-refractivity contribution in [1.82, 2.24) is 15.5 Å². The number of nitrogens with zero attached hydrogens (tertiary/aromatic N) is 1. The summed E-state index contributed by atoms with van der Waals surface area (Å²) in [6.07, 6.45) is 2.14. The molecule has 0 saturated carbocycles. The minimum absolute atomic E-state index is 0.0104. The summed E-state index contributed by atoms with van der Waals surface area (Å²) in [5.41, 5.74) is 2.29. The first kappa shape index (κ1) is 16.0. The van der Waals surface area contributed by atoms with Gasteiger partial charge in [-0.3, -0.25) is 4.79 Å². The molecule has 0 bridgehead atoms. The highest BCUT2D eigenvalue weighted by molar-refractivity contribution is 5.89. The van der Waals surface area contributed by atoms with Crippen LogP contribution in [0.25, 0.3) is 0 Å². The number of nitrogens with one attached hydrogen (secondary N) is 3. The lowest BCUT2D eigenvalue weighted by atomic mass is 9.92. The number of rotatable bonds is 4. The number of hydrogen-bond acceptors (Lipinski definition) is 4. The van der Waals surface area contributed by atoms with Gasteiger partial charge in [-0.1, -0.05) is 0 Å². The molecule has 0 spiro atoms. The van der Waals surface area contributed by atoms with Crippen molar-refractivity contribution in [2.75, 3.05) is 11.9 Å². The number of carbonyl (C=O) groups is 1. The second kappa shape index (κ2) is 7.16. The fourth-order valence-corrected chi connectivity index (χ4v) is 2.82. The molecule has 0 radical (unpaired) electrons. The number of anilines is 1. The Morgan fingerprint density at radius 2 is 2.17 bits per heavy atom. The van der Waals surface area contributed by atoms with E-state index in [2.05, 4.69) is 20.8 Å². The molecule has 1 aliphatic rings. The van der Waals surface area contributed by atoms with Crippen LogP contribution in [0.5, 0.6) is 5.75 Å². The van der Waals surface area contributed by atoms with Crippen LogP contribution in [0.3, 0.4) is 0 Å². The van der Waals surface area contributed by atoms with Crippen LogP contribution >= 0.6 is 0 Å². The van der Waals surface area contributed by atoms with Gasteiger partial charge in [0.15, 0.2) is 0 Å². The van der Waals surface area contributed by atoms with Crippen molar-refractivity contribution < 1.29 is 9.53 Å². The van der Waals surface area contributed by atoms with Crippen molar-refractivity contribution in [2.24, 2.45) is 0 Å². The Balaban J connectivity index is 1.56. The molecule has 1 aromatic carbocycles. The Morgan fingerprint density at radius 3 is 2.92 bits per heavy atom. The third kappa shape index (κ3) is 3.92. The number of benzene rings is 1. The molecule has 1 aliphatic carbocycles. The van der Waals surface area contributed by atoms with Gasteiger partial charge in [-0.25, -0.2) is 9.89 Å². The first-order chi connectivity index (χ1) is 11.6. The summed E-state index contributed by atoms with van der Waals surface area (Å²) in [6, 6.07) is 8.51. The first-order valence-electron chi connectivity index (χ1n) is 8.02. The van der Waals surface area contributed by atoms with Crippen molar-refractivity contribution in [3.63, 3.8) is 0 Å². The summed E-state index contributed by atoms with van der Waals surface area (Å²) in [4.78, 5) is 23.5. The van der Waals surface area contributed by atoms with Gasteiger partial charge in [0.2, 0.25) is 0 Å².